The van der Waals surface area contributed by atoms with Crippen molar-refractivity contribution in [2.45, 2.75) is 46.7 Å². The van der Waals surface area contributed by atoms with Gasteiger partial charge in [0.25, 0.3) is 5.91 Å². The third kappa shape index (κ3) is 5.92. The number of hydrogen-bond donors (Lipinski definition) is 2. The monoisotopic (exact) mass is 386 g/mol. The fourth-order valence-electron chi connectivity index (χ4n) is 2.99. The van der Waals surface area contributed by atoms with E-state index in [0.29, 0.717) is 18.7 Å². The Hall–Kier alpha value is -2.67. The van der Waals surface area contributed by atoms with E-state index in [1.807, 2.05) is 51.1 Å². The van der Waals surface area contributed by atoms with Crippen molar-refractivity contribution in [1.29, 1.82) is 0 Å². The molecular formula is C21H30N4O3. The number of nitrogens with one attached hydrogen (secondary N) is 1. The van der Waals surface area contributed by atoms with E-state index in [-0.39, 0.29) is 11.4 Å². The maximum atomic E-state index is 11.5. The summed E-state index contributed by atoms with van der Waals surface area (Å²) in [5.74, 6) is 0.227. The van der Waals surface area contributed by atoms with Crippen molar-refractivity contribution < 1.29 is 14.3 Å². The first-order valence-corrected chi connectivity index (χ1v) is 9.45. The molecule has 0 aliphatic carbocycles. The number of carbonyl (C=O) groups excluding carboxylic acids is 2. The number of fused-ring (bicyclic) bond motifs is 1. The maximum absolute atomic E-state index is 11.5. The number of imidazole rings is 1. The Bertz CT molecular complexity index is 807. The van der Waals surface area contributed by atoms with Gasteiger partial charge in [-0.1, -0.05) is 51.1 Å². The van der Waals surface area contributed by atoms with Gasteiger partial charge >= 0.3 is 5.97 Å². The highest BCUT2D eigenvalue weighted by Gasteiger charge is 2.22. The Balaban J connectivity index is 0.000000266. The van der Waals surface area contributed by atoms with Crippen LogP contribution in [-0.4, -0.2) is 35.1 Å². The smallest absolute Gasteiger partial charge is 0.306 e. The highest BCUT2D eigenvalue weighted by atomic mass is 16.5. The van der Waals surface area contributed by atoms with Crippen LogP contribution in [0.3, 0.4) is 0 Å². The molecule has 152 valence electrons. The van der Waals surface area contributed by atoms with E-state index < -0.39 is 5.91 Å². The van der Waals surface area contributed by atoms with Crippen molar-refractivity contribution >= 4 is 11.9 Å². The number of hydrogen-bond acceptors (Lipinski definition) is 5. The number of primary amides is 1. The van der Waals surface area contributed by atoms with Crippen molar-refractivity contribution in [3.05, 3.63) is 41.7 Å². The summed E-state index contributed by atoms with van der Waals surface area (Å²) < 4.78 is 6.59. The second kappa shape index (κ2) is 9.50. The predicted octanol–water partition coefficient (Wildman–Crippen LogP) is 2.74. The van der Waals surface area contributed by atoms with E-state index in [9.17, 15) is 9.59 Å². The summed E-state index contributed by atoms with van der Waals surface area (Å²) in [5, 5.41) is 3.29. The molecule has 7 heteroatoms. The largest absolute Gasteiger partial charge is 0.469 e. The van der Waals surface area contributed by atoms with Crippen LogP contribution in [0.15, 0.2) is 30.3 Å². The van der Waals surface area contributed by atoms with Gasteiger partial charge in [-0.15, -0.1) is 0 Å². The SMILES string of the molecule is COC(=O)CC(C)(C)C.NC(=O)c1nc(-c2ccccc2)n2c1CNCCC2. The van der Waals surface area contributed by atoms with Crippen LogP contribution in [0.25, 0.3) is 11.4 Å². The van der Waals surface area contributed by atoms with Crippen molar-refractivity contribution in [3.63, 3.8) is 0 Å². The van der Waals surface area contributed by atoms with Crippen LogP contribution in [0.4, 0.5) is 0 Å². The summed E-state index contributed by atoms with van der Waals surface area (Å²) in [6, 6.07) is 9.90. The highest BCUT2D eigenvalue weighted by Crippen LogP contribution is 2.24. The molecule has 0 saturated carbocycles. The fourth-order valence-corrected chi connectivity index (χ4v) is 2.99. The van der Waals surface area contributed by atoms with Crippen molar-refractivity contribution in [2.24, 2.45) is 11.1 Å². The minimum absolute atomic E-state index is 0.0487. The number of aromatic nitrogens is 2. The predicted molar refractivity (Wildman–Crippen MR) is 109 cm³/mol. The molecule has 3 rings (SSSR count). The highest BCUT2D eigenvalue weighted by molar-refractivity contribution is 5.93. The zero-order chi connectivity index (χ0) is 20.7. The quantitative estimate of drug-likeness (QED) is 0.790. The van der Waals surface area contributed by atoms with Crippen molar-refractivity contribution in [1.82, 2.24) is 14.9 Å². The van der Waals surface area contributed by atoms with Gasteiger partial charge in [0.15, 0.2) is 5.69 Å². The molecule has 0 radical (unpaired) electrons. The second-order valence-electron chi connectivity index (χ2n) is 7.96. The van der Waals surface area contributed by atoms with Crippen LogP contribution in [0.1, 0.15) is 49.8 Å². The lowest BCUT2D eigenvalue weighted by molar-refractivity contribution is -0.142. The number of esters is 1. The van der Waals surface area contributed by atoms with Crippen LogP contribution in [0.5, 0.6) is 0 Å². The summed E-state index contributed by atoms with van der Waals surface area (Å²) in [7, 11) is 1.41. The topological polar surface area (TPSA) is 99.2 Å². The average molecular weight is 386 g/mol. The summed E-state index contributed by atoms with van der Waals surface area (Å²) in [6.07, 6.45) is 1.50. The third-order valence-corrected chi connectivity index (χ3v) is 4.27. The van der Waals surface area contributed by atoms with Crippen LogP contribution in [0, 0.1) is 5.41 Å². The standard InChI is InChI=1S/C14H16N4O.C7H14O2/c15-13(19)12-11-9-16-7-4-8-18(11)14(17-12)10-5-2-1-3-6-10;1-7(2,3)5-6(8)9-4/h1-3,5-6,16H,4,7-9H2,(H2,15,19);5H2,1-4H3. The molecule has 1 aliphatic heterocycles. The molecule has 0 bridgehead atoms. The lowest BCUT2D eigenvalue weighted by Crippen LogP contribution is -2.18. The van der Waals surface area contributed by atoms with Gasteiger partial charge in [-0.2, -0.15) is 0 Å². The van der Waals surface area contributed by atoms with Crippen molar-refractivity contribution in [3.8, 4) is 11.4 Å². The Labute approximate surface area is 166 Å². The minimum Gasteiger partial charge on any atom is -0.469 e. The summed E-state index contributed by atoms with van der Waals surface area (Å²) in [6.45, 7) is 8.44. The van der Waals surface area contributed by atoms with Gasteiger partial charge in [0.05, 0.1) is 19.2 Å². The second-order valence-corrected chi connectivity index (χ2v) is 7.96. The number of amides is 1. The van der Waals surface area contributed by atoms with Crippen molar-refractivity contribution in [2.75, 3.05) is 13.7 Å². The summed E-state index contributed by atoms with van der Waals surface area (Å²) >= 11 is 0. The molecule has 3 N–H and O–H groups in total. The van der Waals surface area contributed by atoms with Gasteiger partial charge in [0, 0.05) is 18.7 Å². The van der Waals surface area contributed by atoms with Crippen LogP contribution in [0.2, 0.25) is 0 Å². The first kappa shape index (κ1) is 21.6. The Kier molecular flexibility index (Phi) is 7.34. The van der Waals surface area contributed by atoms with E-state index in [1.165, 1.54) is 7.11 Å². The number of methoxy groups -OCH3 is 1. The summed E-state index contributed by atoms with van der Waals surface area (Å²) in [5.41, 5.74) is 7.77. The van der Waals surface area contributed by atoms with Crippen LogP contribution < -0.4 is 11.1 Å². The van der Waals surface area contributed by atoms with Gasteiger partial charge in [-0.05, 0) is 18.4 Å². The Morgan fingerprint density at radius 1 is 1.25 bits per heavy atom. The molecule has 0 spiro atoms. The third-order valence-electron chi connectivity index (χ3n) is 4.27. The zero-order valence-corrected chi connectivity index (χ0v) is 17.1. The molecule has 1 amide bonds. The zero-order valence-electron chi connectivity index (χ0n) is 17.1. The summed E-state index contributed by atoms with van der Waals surface area (Å²) in [4.78, 5) is 26.6. The normalized spacial score (nSPS) is 13.6. The number of carbonyl (C=O) groups is 2. The maximum Gasteiger partial charge on any atom is 0.306 e. The lowest BCUT2D eigenvalue weighted by atomic mass is 9.93. The number of ether oxygens (including phenoxy) is 1. The van der Waals surface area contributed by atoms with E-state index in [0.717, 1.165) is 36.6 Å². The molecule has 1 aliphatic rings. The average Bonchev–Trinajstić information content (AvgIpc) is 2.83. The molecule has 0 unspecified atom stereocenters. The molecule has 7 nitrogen and oxygen atoms in total. The number of rotatable bonds is 3. The molecule has 2 aromatic rings. The van der Waals surface area contributed by atoms with Gasteiger partial charge in [0.1, 0.15) is 5.82 Å². The molecule has 0 fully saturated rings. The van der Waals surface area contributed by atoms with E-state index >= 15 is 0 Å². The van der Waals surface area contributed by atoms with E-state index in [2.05, 4.69) is 19.6 Å². The van der Waals surface area contributed by atoms with E-state index in [4.69, 9.17) is 5.73 Å². The number of nitrogens with zero attached hydrogens (tertiary/aromatic N) is 2. The molecule has 0 atom stereocenters. The first-order chi connectivity index (χ1) is 13.2. The molecule has 1 aromatic carbocycles. The number of nitrogens with two attached hydrogens (primary N) is 1. The molecule has 1 aromatic heterocycles. The minimum atomic E-state index is -0.463. The van der Waals surface area contributed by atoms with Gasteiger partial charge in [0.2, 0.25) is 0 Å². The molecule has 28 heavy (non-hydrogen) atoms. The molecular weight excluding hydrogens is 356 g/mol. The molecule has 2 heterocycles. The van der Waals surface area contributed by atoms with Gasteiger partial charge in [-0.25, -0.2) is 4.98 Å². The Morgan fingerprint density at radius 3 is 2.46 bits per heavy atom. The Morgan fingerprint density at radius 2 is 1.93 bits per heavy atom. The first-order valence-electron chi connectivity index (χ1n) is 9.45. The van der Waals surface area contributed by atoms with Crippen LogP contribution >= 0.6 is 0 Å². The number of benzene rings is 1. The van der Waals surface area contributed by atoms with Gasteiger partial charge < -0.3 is 20.4 Å². The van der Waals surface area contributed by atoms with Crippen LogP contribution in [-0.2, 0) is 22.6 Å². The fraction of sp³-hybridized carbons (Fsp3) is 0.476. The van der Waals surface area contributed by atoms with E-state index in [1.54, 1.807) is 0 Å². The molecule has 0 saturated heterocycles. The van der Waals surface area contributed by atoms with Gasteiger partial charge in [-0.3, -0.25) is 9.59 Å². The lowest BCUT2D eigenvalue weighted by Gasteiger charge is -2.14.